The van der Waals surface area contributed by atoms with E-state index in [1.165, 1.54) is 0 Å². The van der Waals surface area contributed by atoms with E-state index >= 15 is 0 Å². The van der Waals surface area contributed by atoms with Crippen LogP contribution in [0, 0.1) is 5.82 Å². The van der Waals surface area contributed by atoms with Gasteiger partial charge in [-0.2, -0.15) is 0 Å². The number of amides is 1. The predicted molar refractivity (Wildman–Crippen MR) is 83.1 cm³/mol. The minimum absolute atomic E-state index is 0.0435. The van der Waals surface area contributed by atoms with Crippen LogP contribution in [0.1, 0.15) is 38.5 Å². The van der Waals surface area contributed by atoms with Crippen LogP contribution in [0.2, 0.25) is 5.02 Å². The van der Waals surface area contributed by atoms with Gasteiger partial charge in [0.25, 0.3) is 0 Å². The Kier molecular flexibility index (Phi) is 5.81. The van der Waals surface area contributed by atoms with Crippen LogP contribution in [0.5, 0.6) is 0 Å². The Balaban J connectivity index is 2.01. The van der Waals surface area contributed by atoms with Crippen molar-refractivity contribution in [1.29, 1.82) is 0 Å². The second-order valence-corrected chi connectivity index (χ2v) is 7.99. The maximum absolute atomic E-state index is 13.1. The zero-order valence-corrected chi connectivity index (χ0v) is 13.7. The molecule has 1 aromatic rings. The van der Waals surface area contributed by atoms with E-state index in [2.05, 4.69) is 5.32 Å². The van der Waals surface area contributed by atoms with Crippen molar-refractivity contribution in [2.75, 3.05) is 5.75 Å². The number of hydrogen-bond donors (Lipinski definition) is 1. The molecule has 0 aliphatic heterocycles. The Morgan fingerprint density at radius 1 is 1.23 bits per heavy atom. The first-order valence-electron chi connectivity index (χ1n) is 7.35. The van der Waals surface area contributed by atoms with Gasteiger partial charge in [0.15, 0.2) is 9.84 Å². The summed E-state index contributed by atoms with van der Waals surface area (Å²) in [7, 11) is -3.82. The first-order valence-corrected chi connectivity index (χ1v) is 9.39. The van der Waals surface area contributed by atoms with E-state index in [0.717, 1.165) is 56.7 Å². The first-order chi connectivity index (χ1) is 10.4. The molecular weight excluding hydrogens is 329 g/mol. The maximum Gasteiger partial charge on any atom is 0.235 e. The molecule has 0 heterocycles. The van der Waals surface area contributed by atoms with Crippen LogP contribution >= 0.6 is 11.6 Å². The normalized spacial score (nSPS) is 17.0. The van der Waals surface area contributed by atoms with Crippen molar-refractivity contribution in [2.24, 2.45) is 0 Å². The molecule has 4 nitrogen and oxygen atoms in total. The van der Waals surface area contributed by atoms with Gasteiger partial charge >= 0.3 is 0 Å². The molecule has 22 heavy (non-hydrogen) atoms. The number of carbonyl (C=O) groups is 1. The fraction of sp³-hybridized carbons (Fsp3) is 0.533. The summed E-state index contributed by atoms with van der Waals surface area (Å²) < 4.78 is 37.4. The molecule has 122 valence electrons. The summed E-state index contributed by atoms with van der Waals surface area (Å²) in [5.74, 6) is -1.86. The molecular formula is C15H19ClFNO3S. The molecule has 1 N–H and O–H groups in total. The van der Waals surface area contributed by atoms with Gasteiger partial charge in [-0.05, 0) is 31.0 Å². The summed E-state index contributed by atoms with van der Waals surface area (Å²) in [4.78, 5) is 11.8. The second kappa shape index (κ2) is 7.42. The van der Waals surface area contributed by atoms with Crippen LogP contribution < -0.4 is 5.32 Å². The van der Waals surface area contributed by atoms with Gasteiger partial charge in [0, 0.05) is 6.04 Å². The highest BCUT2D eigenvalue weighted by atomic mass is 35.5. The van der Waals surface area contributed by atoms with E-state index in [1.54, 1.807) is 0 Å². The van der Waals surface area contributed by atoms with Crippen molar-refractivity contribution < 1.29 is 17.6 Å². The second-order valence-electron chi connectivity index (χ2n) is 5.59. The number of sulfone groups is 1. The Labute approximate surface area is 135 Å². The van der Waals surface area contributed by atoms with Gasteiger partial charge in [0.05, 0.1) is 9.92 Å². The number of hydrogen-bond acceptors (Lipinski definition) is 3. The summed E-state index contributed by atoms with van der Waals surface area (Å²) in [6.07, 6.45) is 6.16. The van der Waals surface area contributed by atoms with Gasteiger partial charge in [-0.1, -0.05) is 37.3 Å². The molecule has 1 aromatic carbocycles. The van der Waals surface area contributed by atoms with Crippen molar-refractivity contribution in [3.05, 3.63) is 29.0 Å². The standard InChI is InChI=1S/C15H19ClFNO3S/c16-13-9-12(7-8-14(13)17)22(20,21)10-15(19)18-11-5-3-1-2-4-6-11/h7-9,11H,1-6,10H2,(H,18,19). The average Bonchev–Trinajstić information content (AvgIpc) is 2.69. The van der Waals surface area contributed by atoms with Crippen molar-refractivity contribution in [2.45, 2.75) is 49.5 Å². The molecule has 7 heteroatoms. The Hall–Kier alpha value is -1.14. The van der Waals surface area contributed by atoms with Crippen molar-refractivity contribution >= 4 is 27.3 Å². The molecule has 0 radical (unpaired) electrons. The van der Waals surface area contributed by atoms with Crippen LogP contribution in [0.4, 0.5) is 4.39 Å². The molecule has 0 bridgehead atoms. The minimum Gasteiger partial charge on any atom is -0.352 e. The SMILES string of the molecule is O=C(CS(=O)(=O)c1ccc(F)c(Cl)c1)NC1CCCCCC1. The average molecular weight is 348 g/mol. The van der Waals surface area contributed by atoms with Crippen LogP contribution in [0.15, 0.2) is 23.1 Å². The maximum atomic E-state index is 13.1. The van der Waals surface area contributed by atoms with E-state index in [1.807, 2.05) is 0 Å². The molecule has 1 saturated carbocycles. The molecule has 2 rings (SSSR count). The van der Waals surface area contributed by atoms with Crippen molar-refractivity contribution in [3.63, 3.8) is 0 Å². The summed E-state index contributed by atoms with van der Waals surface area (Å²) in [5, 5.41) is 2.51. The lowest BCUT2D eigenvalue weighted by atomic mass is 10.1. The predicted octanol–water partition coefficient (Wildman–Crippen LogP) is 3.09. The zero-order chi connectivity index (χ0) is 16.2. The van der Waals surface area contributed by atoms with Gasteiger partial charge < -0.3 is 5.32 Å². The van der Waals surface area contributed by atoms with Crippen LogP contribution in [0.3, 0.4) is 0 Å². The lowest BCUT2D eigenvalue weighted by Gasteiger charge is -2.16. The number of nitrogens with one attached hydrogen (secondary N) is 1. The summed E-state index contributed by atoms with van der Waals surface area (Å²) >= 11 is 5.59. The van der Waals surface area contributed by atoms with Crippen molar-refractivity contribution in [3.8, 4) is 0 Å². The molecule has 0 saturated heterocycles. The van der Waals surface area contributed by atoms with E-state index in [4.69, 9.17) is 11.6 Å². The van der Waals surface area contributed by atoms with Crippen LogP contribution in [0.25, 0.3) is 0 Å². The molecule has 0 aromatic heterocycles. The fourth-order valence-corrected chi connectivity index (χ4v) is 4.03. The number of halogens is 2. The molecule has 1 fully saturated rings. The van der Waals surface area contributed by atoms with E-state index < -0.39 is 27.3 Å². The highest BCUT2D eigenvalue weighted by Gasteiger charge is 2.22. The monoisotopic (exact) mass is 347 g/mol. The first kappa shape index (κ1) is 17.2. The number of benzene rings is 1. The third kappa shape index (κ3) is 4.68. The minimum atomic E-state index is -3.82. The fourth-order valence-electron chi connectivity index (χ4n) is 2.62. The summed E-state index contributed by atoms with van der Waals surface area (Å²) in [5.41, 5.74) is 0. The van der Waals surface area contributed by atoms with Crippen molar-refractivity contribution in [1.82, 2.24) is 5.32 Å². The quantitative estimate of drug-likeness (QED) is 0.672. The van der Waals surface area contributed by atoms with Gasteiger partial charge in [-0.3, -0.25) is 4.79 Å². The van der Waals surface area contributed by atoms with Gasteiger partial charge in [0.2, 0.25) is 5.91 Å². The Bertz CT molecular complexity index is 640. The van der Waals surface area contributed by atoms with Crippen LogP contribution in [-0.2, 0) is 14.6 Å². The molecule has 0 atom stereocenters. The highest BCUT2D eigenvalue weighted by Crippen LogP contribution is 2.21. The Morgan fingerprint density at radius 2 is 1.86 bits per heavy atom. The third-order valence-corrected chi connectivity index (χ3v) is 5.70. The Morgan fingerprint density at radius 3 is 2.45 bits per heavy atom. The number of rotatable bonds is 4. The van der Waals surface area contributed by atoms with E-state index in [9.17, 15) is 17.6 Å². The third-order valence-electron chi connectivity index (χ3n) is 3.79. The topological polar surface area (TPSA) is 63.2 Å². The molecule has 0 unspecified atom stereocenters. The highest BCUT2D eigenvalue weighted by molar-refractivity contribution is 7.92. The number of carbonyl (C=O) groups excluding carboxylic acids is 1. The summed E-state index contributed by atoms with van der Waals surface area (Å²) in [6, 6.07) is 3.18. The lowest BCUT2D eigenvalue weighted by Crippen LogP contribution is -2.38. The van der Waals surface area contributed by atoms with E-state index in [-0.39, 0.29) is 16.0 Å². The zero-order valence-electron chi connectivity index (χ0n) is 12.1. The summed E-state index contributed by atoms with van der Waals surface area (Å²) in [6.45, 7) is 0. The largest absolute Gasteiger partial charge is 0.352 e. The molecule has 1 amide bonds. The molecule has 0 spiro atoms. The van der Waals surface area contributed by atoms with Crippen LogP contribution in [-0.4, -0.2) is 26.1 Å². The van der Waals surface area contributed by atoms with Gasteiger partial charge in [0.1, 0.15) is 11.6 Å². The smallest absolute Gasteiger partial charge is 0.235 e. The molecule has 1 aliphatic rings. The lowest BCUT2D eigenvalue weighted by molar-refractivity contribution is -0.119. The van der Waals surface area contributed by atoms with Gasteiger partial charge in [-0.25, -0.2) is 12.8 Å². The molecule has 1 aliphatic carbocycles. The van der Waals surface area contributed by atoms with E-state index in [0.29, 0.717) is 0 Å². The van der Waals surface area contributed by atoms with Gasteiger partial charge in [-0.15, -0.1) is 0 Å².